The molecule has 0 saturated carbocycles. The summed E-state index contributed by atoms with van der Waals surface area (Å²) in [7, 11) is 0. The molecule has 1 aliphatic heterocycles. The number of piperidine rings is 1. The molecule has 3 nitrogen and oxygen atoms in total. The Labute approximate surface area is 123 Å². The lowest BCUT2D eigenvalue weighted by Crippen LogP contribution is -2.42. The minimum absolute atomic E-state index is 0.140. The van der Waals surface area contributed by atoms with Crippen LogP contribution in [0.1, 0.15) is 58.8 Å². The van der Waals surface area contributed by atoms with Crippen LogP contribution in [0.3, 0.4) is 0 Å². The molecule has 1 aromatic heterocycles. The van der Waals surface area contributed by atoms with E-state index in [0.29, 0.717) is 6.04 Å². The van der Waals surface area contributed by atoms with Gasteiger partial charge in [-0.2, -0.15) is 0 Å². The number of hydrogen-bond donors (Lipinski definition) is 1. The van der Waals surface area contributed by atoms with Crippen molar-refractivity contribution < 1.29 is 4.42 Å². The van der Waals surface area contributed by atoms with Crippen LogP contribution in [0.4, 0.5) is 0 Å². The van der Waals surface area contributed by atoms with Crippen molar-refractivity contribution in [3.05, 3.63) is 23.7 Å². The lowest BCUT2D eigenvalue weighted by atomic mass is 9.92. The Bertz CT molecular complexity index is 419. The highest BCUT2D eigenvalue weighted by molar-refractivity contribution is 5.17. The zero-order chi connectivity index (χ0) is 14.8. The van der Waals surface area contributed by atoms with Gasteiger partial charge in [-0.05, 0) is 59.1 Å². The third-order valence-electron chi connectivity index (χ3n) is 4.50. The molecule has 3 heteroatoms. The van der Waals surface area contributed by atoms with Crippen LogP contribution in [-0.4, -0.2) is 23.0 Å². The first-order chi connectivity index (χ1) is 9.37. The Morgan fingerprint density at radius 2 is 2.10 bits per heavy atom. The van der Waals surface area contributed by atoms with Gasteiger partial charge in [0.05, 0.1) is 12.8 Å². The molecule has 1 aliphatic rings. The third-order valence-corrected chi connectivity index (χ3v) is 4.50. The van der Waals surface area contributed by atoms with Crippen molar-refractivity contribution in [3.8, 4) is 0 Å². The molecule has 1 fully saturated rings. The van der Waals surface area contributed by atoms with Gasteiger partial charge in [-0.15, -0.1) is 0 Å². The number of nitrogens with zero attached hydrogens (tertiary/aromatic N) is 1. The summed E-state index contributed by atoms with van der Waals surface area (Å²) in [4.78, 5) is 2.56. The van der Waals surface area contributed by atoms with E-state index in [4.69, 9.17) is 4.42 Å². The predicted octanol–water partition coefficient (Wildman–Crippen LogP) is 3.79. The second-order valence-electron chi connectivity index (χ2n) is 7.30. The minimum Gasteiger partial charge on any atom is -0.468 e. The number of nitrogens with one attached hydrogen (secondary N) is 1. The van der Waals surface area contributed by atoms with Gasteiger partial charge in [-0.1, -0.05) is 6.92 Å². The molecule has 2 unspecified atom stereocenters. The highest BCUT2D eigenvalue weighted by Gasteiger charge is 2.26. The maximum absolute atomic E-state index is 5.73. The molecule has 114 valence electrons. The zero-order valence-electron chi connectivity index (χ0n) is 13.7. The van der Waals surface area contributed by atoms with E-state index in [2.05, 4.69) is 50.9 Å². The van der Waals surface area contributed by atoms with Gasteiger partial charge in [-0.25, -0.2) is 0 Å². The van der Waals surface area contributed by atoms with Gasteiger partial charge < -0.3 is 9.73 Å². The maximum Gasteiger partial charge on any atom is 0.122 e. The molecule has 1 saturated heterocycles. The van der Waals surface area contributed by atoms with Crippen LogP contribution in [0, 0.1) is 5.92 Å². The Kier molecular flexibility index (Phi) is 4.92. The first-order valence-electron chi connectivity index (χ1n) is 7.91. The van der Waals surface area contributed by atoms with Crippen molar-refractivity contribution in [2.24, 2.45) is 5.92 Å². The molecule has 2 rings (SSSR count). The molecule has 20 heavy (non-hydrogen) atoms. The molecule has 1 N–H and O–H groups in total. The lowest BCUT2D eigenvalue weighted by molar-refractivity contribution is 0.0981. The summed E-state index contributed by atoms with van der Waals surface area (Å²) >= 11 is 0. The number of hydrogen-bond acceptors (Lipinski definition) is 3. The smallest absolute Gasteiger partial charge is 0.122 e. The summed E-state index contributed by atoms with van der Waals surface area (Å²) in [6.07, 6.45) is 4.49. The van der Waals surface area contributed by atoms with Gasteiger partial charge in [0, 0.05) is 23.7 Å². The molecular formula is C17H30N2O. The average molecular weight is 278 g/mol. The highest BCUT2D eigenvalue weighted by atomic mass is 16.3. The number of furan rings is 1. The van der Waals surface area contributed by atoms with E-state index >= 15 is 0 Å². The first-order valence-corrected chi connectivity index (χ1v) is 7.91. The molecule has 0 spiro atoms. The average Bonchev–Trinajstić information content (AvgIpc) is 2.79. The van der Waals surface area contributed by atoms with Crippen molar-refractivity contribution in [1.29, 1.82) is 0 Å². The van der Waals surface area contributed by atoms with Crippen LogP contribution >= 0.6 is 0 Å². The van der Waals surface area contributed by atoms with Gasteiger partial charge in [0.25, 0.3) is 0 Å². The molecule has 0 amide bonds. The van der Waals surface area contributed by atoms with Crippen LogP contribution in [0.15, 0.2) is 16.7 Å². The molecule has 1 aromatic rings. The van der Waals surface area contributed by atoms with Crippen LogP contribution in [0.2, 0.25) is 0 Å². The summed E-state index contributed by atoms with van der Waals surface area (Å²) < 4.78 is 5.73. The van der Waals surface area contributed by atoms with Crippen LogP contribution in [0.5, 0.6) is 0 Å². The van der Waals surface area contributed by atoms with Crippen LogP contribution < -0.4 is 5.32 Å². The predicted molar refractivity (Wildman–Crippen MR) is 83.6 cm³/mol. The third kappa shape index (κ3) is 4.10. The van der Waals surface area contributed by atoms with E-state index in [1.165, 1.54) is 24.9 Å². The van der Waals surface area contributed by atoms with E-state index in [0.717, 1.165) is 24.8 Å². The Hall–Kier alpha value is -0.800. The quantitative estimate of drug-likeness (QED) is 0.908. The normalized spacial score (nSPS) is 25.1. The first kappa shape index (κ1) is 15.6. The Morgan fingerprint density at radius 1 is 1.35 bits per heavy atom. The number of likely N-dealkylation sites (tertiary alicyclic amines) is 1. The van der Waals surface area contributed by atoms with Crippen LogP contribution in [0.25, 0.3) is 0 Å². The van der Waals surface area contributed by atoms with E-state index in [1.54, 1.807) is 0 Å². The van der Waals surface area contributed by atoms with Crippen molar-refractivity contribution >= 4 is 0 Å². The fraction of sp³-hybridized carbons (Fsp3) is 0.765. The summed E-state index contributed by atoms with van der Waals surface area (Å²) in [5.41, 5.74) is 1.44. The Balaban J connectivity index is 1.98. The summed E-state index contributed by atoms with van der Waals surface area (Å²) in [5.74, 6) is 1.91. The van der Waals surface area contributed by atoms with Crippen molar-refractivity contribution in [1.82, 2.24) is 10.2 Å². The van der Waals surface area contributed by atoms with Gasteiger partial charge in [0.2, 0.25) is 0 Å². The SMILES string of the molecule is CC1CCCN(Cc2occc2CNC(C)(C)C)C1C. The zero-order valence-corrected chi connectivity index (χ0v) is 13.7. The molecule has 2 heterocycles. The Morgan fingerprint density at radius 3 is 2.80 bits per heavy atom. The van der Waals surface area contributed by atoms with E-state index in [-0.39, 0.29) is 5.54 Å². The molecule has 0 bridgehead atoms. The van der Waals surface area contributed by atoms with Gasteiger partial charge >= 0.3 is 0 Å². The standard InChI is InChI=1S/C17H30N2O/c1-13-7-6-9-19(14(13)2)12-16-15(8-10-20-16)11-18-17(3,4)5/h8,10,13-14,18H,6-7,9,11-12H2,1-5H3. The molecular weight excluding hydrogens is 248 g/mol. The second kappa shape index (κ2) is 6.31. The summed E-state index contributed by atoms with van der Waals surface area (Å²) in [5, 5.41) is 3.54. The molecule has 2 atom stereocenters. The fourth-order valence-electron chi connectivity index (χ4n) is 2.85. The molecule has 0 radical (unpaired) electrons. The largest absolute Gasteiger partial charge is 0.468 e. The van der Waals surface area contributed by atoms with E-state index < -0.39 is 0 Å². The monoisotopic (exact) mass is 278 g/mol. The van der Waals surface area contributed by atoms with Crippen molar-refractivity contribution in [2.75, 3.05) is 6.54 Å². The van der Waals surface area contributed by atoms with Crippen molar-refractivity contribution in [3.63, 3.8) is 0 Å². The summed E-state index contributed by atoms with van der Waals surface area (Å²) in [6, 6.07) is 2.75. The number of rotatable bonds is 4. The summed E-state index contributed by atoms with van der Waals surface area (Å²) in [6.45, 7) is 14.3. The van der Waals surface area contributed by atoms with Gasteiger partial charge in [0.15, 0.2) is 0 Å². The maximum atomic E-state index is 5.73. The van der Waals surface area contributed by atoms with E-state index in [1.807, 2.05) is 6.26 Å². The van der Waals surface area contributed by atoms with E-state index in [9.17, 15) is 0 Å². The van der Waals surface area contributed by atoms with Gasteiger partial charge in [-0.3, -0.25) is 4.90 Å². The lowest BCUT2D eigenvalue weighted by Gasteiger charge is -2.37. The second-order valence-corrected chi connectivity index (χ2v) is 7.30. The topological polar surface area (TPSA) is 28.4 Å². The van der Waals surface area contributed by atoms with Crippen molar-refractivity contribution in [2.45, 2.75) is 72.1 Å². The van der Waals surface area contributed by atoms with Crippen LogP contribution in [-0.2, 0) is 13.1 Å². The minimum atomic E-state index is 0.140. The van der Waals surface area contributed by atoms with Gasteiger partial charge in [0.1, 0.15) is 5.76 Å². The molecule has 0 aromatic carbocycles. The highest BCUT2D eigenvalue weighted by Crippen LogP contribution is 2.25. The molecule has 0 aliphatic carbocycles. The fourth-order valence-corrected chi connectivity index (χ4v) is 2.85.